The van der Waals surface area contributed by atoms with Crippen LogP contribution in [0.2, 0.25) is 0 Å². The predicted octanol–water partition coefficient (Wildman–Crippen LogP) is 5.94. The predicted molar refractivity (Wildman–Crippen MR) is 101 cm³/mol. The summed E-state index contributed by atoms with van der Waals surface area (Å²) in [5.74, 6) is 0. The van der Waals surface area contributed by atoms with Crippen LogP contribution in [0.3, 0.4) is 0 Å². The molecule has 0 saturated carbocycles. The Hall–Kier alpha value is -3.08. The fourth-order valence-electron chi connectivity index (χ4n) is 3.95. The third-order valence-electron chi connectivity index (χ3n) is 5.95. The van der Waals surface area contributed by atoms with Crippen molar-refractivity contribution in [3.05, 3.63) is 34.9 Å². The minimum atomic E-state index is -7.45. The first-order chi connectivity index (χ1) is 18.2. The number of hydrogen-bond donors (Lipinski definition) is 5. The Kier molecular flexibility index (Phi) is 7.70. The fourth-order valence-corrected chi connectivity index (χ4v) is 3.95. The van der Waals surface area contributed by atoms with Gasteiger partial charge in [0.05, 0.1) is 0 Å². The number of nitrogens with two attached hydrogens (primary N) is 2. The number of benzene rings is 2. The summed E-state index contributed by atoms with van der Waals surface area (Å²) in [7, 11) is 0. The number of rotatable bonds is 3. The highest BCUT2D eigenvalue weighted by Crippen LogP contribution is 2.61. The van der Waals surface area contributed by atoms with E-state index in [1.807, 2.05) is 0 Å². The van der Waals surface area contributed by atoms with Crippen molar-refractivity contribution < 1.29 is 94.3 Å². The van der Waals surface area contributed by atoms with E-state index in [1.54, 1.807) is 0 Å². The number of halogens is 18. The topological polar surface area (TPSA) is 113 Å². The lowest BCUT2D eigenvalue weighted by Gasteiger charge is -2.40. The SMILES string of the molecule is Nc1ccc2cc(C(O)(C(F)(F)F)C(F)(F)F)c(N)c(C(O)(C(F)(F)F)C(F)(F)F)c2c1C(O)(C(F)(F)F)C(F)(F)F. The lowest BCUT2D eigenvalue weighted by Crippen LogP contribution is -2.57. The summed E-state index contributed by atoms with van der Waals surface area (Å²) in [5, 5.41) is 24.1. The second-order valence-corrected chi connectivity index (χ2v) is 8.46. The van der Waals surface area contributed by atoms with E-state index in [9.17, 15) is 94.3 Å². The van der Waals surface area contributed by atoms with Crippen molar-refractivity contribution in [1.82, 2.24) is 0 Å². The van der Waals surface area contributed by atoms with Gasteiger partial charge in [-0.25, -0.2) is 0 Å². The second kappa shape index (κ2) is 9.21. The minimum Gasteiger partial charge on any atom is -0.398 e. The summed E-state index contributed by atoms with van der Waals surface area (Å²) < 4.78 is 246. The molecule has 2 aromatic carbocycles. The Morgan fingerprint density at radius 2 is 0.762 bits per heavy atom. The van der Waals surface area contributed by atoms with Crippen LogP contribution in [0.25, 0.3) is 10.8 Å². The van der Waals surface area contributed by atoms with Gasteiger partial charge < -0.3 is 26.8 Å². The van der Waals surface area contributed by atoms with Crippen LogP contribution in [0.4, 0.5) is 90.4 Å². The first kappa shape index (κ1) is 35.1. The van der Waals surface area contributed by atoms with Gasteiger partial charge in [0.15, 0.2) is 0 Å². The number of aliphatic hydroxyl groups is 3. The maximum absolute atomic E-state index is 13.8. The molecule has 5 nitrogen and oxygen atoms in total. The average molecular weight is 656 g/mol. The lowest BCUT2D eigenvalue weighted by molar-refractivity contribution is -0.377. The third kappa shape index (κ3) is 4.59. The molecule has 0 aliphatic carbocycles. The van der Waals surface area contributed by atoms with E-state index in [1.165, 1.54) is 0 Å². The molecule has 0 aromatic heterocycles. The van der Waals surface area contributed by atoms with E-state index in [-0.39, 0.29) is 12.1 Å². The summed E-state index contributed by atoms with van der Waals surface area (Å²) in [5.41, 5.74) is -26.1. The molecule has 0 fully saturated rings. The first-order valence-corrected chi connectivity index (χ1v) is 9.89. The van der Waals surface area contributed by atoms with Crippen LogP contribution in [0.5, 0.6) is 0 Å². The largest absolute Gasteiger partial charge is 0.430 e. The molecule has 0 atom stereocenters. The standard InChI is InChI=1S/C19H10F18N2O3/c20-14(21,22)11(40,15(23,24)25)5-3-4-1-2-6(38)8(12(41,16(26,27)28)17(29,30)31)7(4)9(10(5)39)13(42,18(32,33)34)19(35,36)37/h1-3,40-42H,38-39H2. The average Bonchev–Trinajstić information content (AvgIpc) is 2.72. The van der Waals surface area contributed by atoms with Crippen LogP contribution >= 0.6 is 0 Å². The molecule has 0 aliphatic heterocycles. The third-order valence-corrected chi connectivity index (χ3v) is 5.95. The highest BCUT2D eigenvalue weighted by Gasteiger charge is 2.77. The van der Waals surface area contributed by atoms with Gasteiger partial charge in [-0.1, -0.05) is 6.07 Å². The maximum Gasteiger partial charge on any atom is 0.430 e. The van der Waals surface area contributed by atoms with E-state index < -0.39 is 98.8 Å². The molecule has 0 amide bonds. The van der Waals surface area contributed by atoms with Crippen molar-refractivity contribution in [3.63, 3.8) is 0 Å². The van der Waals surface area contributed by atoms with Crippen molar-refractivity contribution in [3.8, 4) is 0 Å². The summed E-state index contributed by atoms with van der Waals surface area (Å²) in [6.07, 6.45) is -43.6. The van der Waals surface area contributed by atoms with Gasteiger partial charge in [-0.3, -0.25) is 0 Å². The Labute approximate surface area is 217 Å². The van der Waals surface area contributed by atoms with Gasteiger partial charge in [0.1, 0.15) is 0 Å². The molecule has 0 spiro atoms. The van der Waals surface area contributed by atoms with E-state index in [0.717, 1.165) is 0 Å². The molecule has 0 radical (unpaired) electrons. The summed E-state index contributed by atoms with van der Waals surface area (Å²) in [4.78, 5) is 0. The Balaban J connectivity index is 3.65. The number of fused-ring (bicyclic) bond motifs is 1. The molecular formula is C19H10F18N2O3. The molecule has 240 valence electrons. The smallest absolute Gasteiger partial charge is 0.398 e. The Bertz CT molecular complexity index is 1320. The van der Waals surface area contributed by atoms with Gasteiger partial charge in [0, 0.05) is 28.1 Å². The monoisotopic (exact) mass is 656 g/mol. The molecule has 7 N–H and O–H groups in total. The van der Waals surface area contributed by atoms with Crippen molar-refractivity contribution in [2.45, 2.75) is 53.9 Å². The highest BCUT2D eigenvalue weighted by molar-refractivity contribution is 5.99. The van der Waals surface area contributed by atoms with Crippen LogP contribution in [0, 0.1) is 0 Å². The van der Waals surface area contributed by atoms with E-state index in [2.05, 4.69) is 0 Å². The van der Waals surface area contributed by atoms with Gasteiger partial charge in [0.25, 0.3) is 16.8 Å². The molecule has 0 heterocycles. The Morgan fingerprint density at radius 3 is 1.07 bits per heavy atom. The van der Waals surface area contributed by atoms with Crippen molar-refractivity contribution in [2.24, 2.45) is 0 Å². The Morgan fingerprint density at radius 1 is 0.452 bits per heavy atom. The van der Waals surface area contributed by atoms with Gasteiger partial charge in [-0.2, -0.15) is 79.0 Å². The molecule has 0 bridgehead atoms. The van der Waals surface area contributed by atoms with Crippen LogP contribution in [-0.4, -0.2) is 52.4 Å². The number of anilines is 2. The molecule has 0 saturated heterocycles. The van der Waals surface area contributed by atoms with Gasteiger partial charge >= 0.3 is 37.1 Å². The zero-order valence-corrected chi connectivity index (χ0v) is 19.0. The molecule has 2 rings (SSSR count). The molecule has 0 unspecified atom stereocenters. The zero-order chi connectivity index (χ0) is 33.7. The number of nitrogen functional groups attached to an aromatic ring is 2. The van der Waals surface area contributed by atoms with Crippen LogP contribution in [-0.2, 0) is 16.8 Å². The van der Waals surface area contributed by atoms with Crippen molar-refractivity contribution in [1.29, 1.82) is 0 Å². The lowest BCUT2D eigenvalue weighted by atomic mass is 9.76. The van der Waals surface area contributed by atoms with Crippen molar-refractivity contribution >= 4 is 22.1 Å². The van der Waals surface area contributed by atoms with Gasteiger partial charge in [-0.15, -0.1) is 0 Å². The first-order valence-electron chi connectivity index (χ1n) is 9.89. The molecular weight excluding hydrogens is 646 g/mol. The minimum absolute atomic E-state index is 0.270. The van der Waals surface area contributed by atoms with Crippen molar-refractivity contribution in [2.75, 3.05) is 11.5 Å². The van der Waals surface area contributed by atoms with E-state index >= 15 is 0 Å². The van der Waals surface area contributed by atoms with E-state index in [0.29, 0.717) is 0 Å². The quantitative estimate of drug-likeness (QED) is 0.208. The summed E-state index contributed by atoms with van der Waals surface area (Å²) >= 11 is 0. The second-order valence-electron chi connectivity index (χ2n) is 8.46. The highest BCUT2D eigenvalue weighted by atomic mass is 19.4. The number of alkyl halides is 18. The van der Waals surface area contributed by atoms with Crippen LogP contribution in [0.1, 0.15) is 16.7 Å². The maximum atomic E-state index is 13.8. The summed E-state index contributed by atoms with van der Waals surface area (Å²) in [6, 6.07) is -1.50. The van der Waals surface area contributed by atoms with Crippen LogP contribution < -0.4 is 11.5 Å². The molecule has 23 heteroatoms. The summed E-state index contributed by atoms with van der Waals surface area (Å²) in [6.45, 7) is 0. The molecule has 0 aliphatic rings. The number of hydrogen-bond acceptors (Lipinski definition) is 5. The van der Waals surface area contributed by atoms with E-state index in [4.69, 9.17) is 11.5 Å². The molecule has 42 heavy (non-hydrogen) atoms. The van der Waals surface area contributed by atoms with Gasteiger partial charge in [-0.05, 0) is 22.9 Å². The normalized spacial score (nSPS) is 15.5. The van der Waals surface area contributed by atoms with Gasteiger partial charge in [0.2, 0.25) is 0 Å². The zero-order valence-electron chi connectivity index (χ0n) is 19.0. The fraction of sp³-hybridized carbons (Fsp3) is 0.474. The molecule has 2 aromatic rings. The van der Waals surface area contributed by atoms with Crippen LogP contribution in [0.15, 0.2) is 18.2 Å².